The SMILES string of the molecule is CC(C)N1CCC2(CC1)CN=C(N)N2c1ccccc1. The summed E-state index contributed by atoms with van der Waals surface area (Å²) in [5.41, 5.74) is 7.44. The summed E-state index contributed by atoms with van der Waals surface area (Å²) in [5.74, 6) is 0.675. The molecule has 108 valence electrons. The highest BCUT2D eigenvalue weighted by Gasteiger charge is 2.45. The molecule has 0 aliphatic carbocycles. The van der Waals surface area contributed by atoms with Crippen molar-refractivity contribution in [2.24, 2.45) is 10.7 Å². The van der Waals surface area contributed by atoms with Crippen LogP contribution < -0.4 is 10.6 Å². The van der Waals surface area contributed by atoms with E-state index >= 15 is 0 Å². The molecule has 0 unspecified atom stereocenters. The minimum absolute atomic E-state index is 0.0941. The first-order valence-electron chi connectivity index (χ1n) is 7.52. The van der Waals surface area contributed by atoms with Crippen LogP contribution in [0.5, 0.6) is 0 Å². The number of likely N-dealkylation sites (tertiary alicyclic amines) is 1. The van der Waals surface area contributed by atoms with Gasteiger partial charge in [-0.2, -0.15) is 0 Å². The number of rotatable bonds is 2. The summed E-state index contributed by atoms with van der Waals surface area (Å²) in [5, 5.41) is 0. The maximum Gasteiger partial charge on any atom is 0.196 e. The van der Waals surface area contributed by atoms with E-state index < -0.39 is 0 Å². The molecule has 2 N–H and O–H groups in total. The molecule has 0 amide bonds. The van der Waals surface area contributed by atoms with Crippen LogP contribution in [0.15, 0.2) is 35.3 Å². The van der Waals surface area contributed by atoms with Crippen LogP contribution in [0.3, 0.4) is 0 Å². The Balaban J connectivity index is 1.84. The van der Waals surface area contributed by atoms with Crippen molar-refractivity contribution in [2.45, 2.75) is 38.3 Å². The first-order chi connectivity index (χ1) is 9.62. The second kappa shape index (κ2) is 5.09. The second-order valence-corrected chi connectivity index (χ2v) is 6.20. The van der Waals surface area contributed by atoms with Gasteiger partial charge in [0.15, 0.2) is 5.96 Å². The van der Waals surface area contributed by atoms with Crippen molar-refractivity contribution in [3.63, 3.8) is 0 Å². The predicted octanol–water partition coefficient (Wildman–Crippen LogP) is 2.06. The van der Waals surface area contributed by atoms with E-state index in [1.54, 1.807) is 0 Å². The predicted molar refractivity (Wildman–Crippen MR) is 84.1 cm³/mol. The van der Waals surface area contributed by atoms with E-state index in [4.69, 9.17) is 5.73 Å². The number of piperidine rings is 1. The number of nitrogens with two attached hydrogens (primary N) is 1. The number of aliphatic imine (C=N–C) groups is 1. The normalized spacial score (nSPS) is 22.6. The summed E-state index contributed by atoms with van der Waals surface area (Å²) >= 11 is 0. The number of benzene rings is 1. The van der Waals surface area contributed by atoms with Gasteiger partial charge in [0.2, 0.25) is 0 Å². The molecule has 2 aliphatic heterocycles. The van der Waals surface area contributed by atoms with E-state index in [0.717, 1.165) is 32.5 Å². The molecule has 4 heteroatoms. The van der Waals surface area contributed by atoms with E-state index in [0.29, 0.717) is 12.0 Å². The van der Waals surface area contributed by atoms with Crippen molar-refractivity contribution < 1.29 is 0 Å². The van der Waals surface area contributed by atoms with Gasteiger partial charge in [-0.05, 0) is 38.8 Å². The lowest BCUT2D eigenvalue weighted by molar-refractivity contribution is 0.139. The molecule has 1 fully saturated rings. The Morgan fingerprint density at radius 2 is 1.80 bits per heavy atom. The standard InChI is InChI=1S/C16H24N4/c1-13(2)19-10-8-16(9-11-19)12-18-15(17)20(16)14-6-4-3-5-7-14/h3-7,13H,8-12H2,1-2H3,(H2,17,18). The zero-order valence-corrected chi connectivity index (χ0v) is 12.4. The van der Waals surface area contributed by atoms with Crippen LogP contribution in [0.4, 0.5) is 5.69 Å². The quantitative estimate of drug-likeness (QED) is 0.896. The molecule has 0 bridgehead atoms. The molecule has 0 aromatic heterocycles. The van der Waals surface area contributed by atoms with Crippen LogP contribution in [-0.4, -0.2) is 42.1 Å². The Labute approximate surface area is 121 Å². The third-order valence-electron chi connectivity index (χ3n) is 4.71. The number of anilines is 1. The molecule has 1 aromatic carbocycles. The van der Waals surface area contributed by atoms with Crippen LogP contribution in [-0.2, 0) is 0 Å². The van der Waals surface area contributed by atoms with E-state index in [-0.39, 0.29) is 5.54 Å². The summed E-state index contributed by atoms with van der Waals surface area (Å²) in [7, 11) is 0. The minimum atomic E-state index is 0.0941. The van der Waals surface area contributed by atoms with Crippen LogP contribution in [0.1, 0.15) is 26.7 Å². The van der Waals surface area contributed by atoms with Gasteiger partial charge in [0.1, 0.15) is 0 Å². The average Bonchev–Trinajstić information content (AvgIpc) is 2.77. The Kier molecular flexibility index (Phi) is 3.42. The van der Waals surface area contributed by atoms with Gasteiger partial charge in [-0.3, -0.25) is 4.99 Å². The molecule has 0 radical (unpaired) electrons. The molecule has 3 rings (SSSR count). The van der Waals surface area contributed by atoms with Crippen molar-refractivity contribution in [3.8, 4) is 0 Å². The third-order valence-corrected chi connectivity index (χ3v) is 4.71. The van der Waals surface area contributed by atoms with Crippen molar-refractivity contribution in [1.29, 1.82) is 0 Å². The number of hydrogen-bond donors (Lipinski definition) is 1. The first kappa shape index (κ1) is 13.4. The van der Waals surface area contributed by atoms with Gasteiger partial charge in [-0.25, -0.2) is 0 Å². The lowest BCUT2D eigenvalue weighted by atomic mass is 9.85. The summed E-state index contributed by atoms with van der Waals surface area (Å²) < 4.78 is 0. The Hall–Kier alpha value is -1.55. The van der Waals surface area contributed by atoms with Crippen molar-refractivity contribution in [2.75, 3.05) is 24.5 Å². The lowest BCUT2D eigenvalue weighted by Crippen LogP contribution is -2.58. The summed E-state index contributed by atoms with van der Waals surface area (Å²) in [6, 6.07) is 11.1. The number of nitrogens with zero attached hydrogens (tertiary/aromatic N) is 3. The van der Waals surface area contributed by atoms with Gasteiger partial charge in [0.25, 0.3) is 0 Å². The fourth-order valence-corrected chi connectivity index (χ4v) is 3.43. The number of para-hydroxylation sites is 1. The fourth-order valence-electron chi connectivity index (χ4n) is 3.43. The molecule has 4 nitrogen and oxygen atoms in total. The monoisotopic (exact) mass is 272 g/mol. The van der Waals surface area contributed by atoms with E-state index in [1.807, 2.05) is 6.07 Å². The topological polar surface area (TPSA) is 44.9 Å². The van der Waals surface area contributed by atoms with Gasteiger partial charge >= 0.3 is 0 Å². The van der Waals surface area contributed by atoms with Crippen molar-refractivity contribution in [1.82, 2.24) is 4.90 Å². The second-order valence-electron chi connectivity index (χ2n) is 6.20. The average molecular weight is 272 g/mol. The zero-order valence-electron chi connectivity index (χ0n) is 12.4. The van der Waals surface area contributed by atoms with E-state index in [2.05, 4.69) is 52.9 Å². The van der Waals surface area contributed by atoms with E-state index in [1.165, 1.54) is 5.69 Å². The van der Waals surface area contributed by atoms with Crippen molar-refractivity contribution >= 4 is 11.6 Å². The van der Waals surface area contributed by atoms with E-state index in [9.17, 15) is 0 Å². The molecule has 1 saturated heterocycles. The number of hydrogen-bond acceptors (Lipinski definition) is 4. The summed E-state index contributed by atoms with van der Waals surface area (Å²) in [4.78, 5) is 9.36. The smallest absolute Gasteiger partial charge is 0.196 e. The Morgan fingerprint density at radius 1 is 1.15 bits per heavy atom. The zero-order chi connectivity index (χ0) is 14.2. The van der Waals surface area contributed by atoms with Crippen LogP contribution >= 0.6 is 0 Å². The van der Waals surface area contributed by atoms with Gasteiger partial charge < -0.3 is 15.5 Å². The van der Waals surface area contributed by atoms with Crippen molar-refractivity contribution in [3.05, 3.63) is 30.3 Å². The van der Waals surface area contributed by atoms with Crippen LogP contribution in [0, 0.1) is 0 Å². The molecular weight excluding hydrogens is 248 g/mol. The first-order valence-corrected chi connectivity index (χ1v) is 7.52. The highest BCUT2D eigenvalue weighted by atomic mass is 15.4. The molecule has 1 spiro atoms. The van der Waals surface area contributed by atoms with Gasteiger partial charge in [0, 0.05) is 24.8 Å². The lowest BCUT2D eigenvalue weighted by Gasteiger charge is -2.46. The minimum Gasteiger partial charge on any atom is -0.369 e. The fraction of sp³-hybridized carbons (Fsp3) is 0.562. The van der Waals surface area contributed by atoms with Crippen LogP contribution in [0.25, 0.3) is 0 Å². The highest BCUT2D eigenvalue weighted by molar-refractivity contribution is 5.98. The Bertz CT molecular complexity index is 486. The largest absolute Gasteiger partial charge is 0.369 e. The third kappa shape index (κ3) is 2.18. The molecule has 0 atom stereocenters. The van der Waals surface area contributed by atoms with Gasteiger partial charge in [0.05, 0.1) is 12.1 Å². The maximum atomic E-state index is 6.17. The molecule has 1 aromatic rings. The molecule has 0 saturated carbocycles. The van der Waals surface area contributed by atoms with Crippen LogP contribution in [0.2, 0.25) is 0 Å². The number of guanidine groups is 1. The molecule has 2 aliphatic rings. The molecule has 20 heavy (non-hydrogen) atoms. The maximum absolute atomic E-state index is 6.17. The Morgan fingerprint density at radius 3 is 2.40 bits per heavy atom. The summed E-state index contributed by atoms with van der Waals surface area (Å²) in [6.07, 6.45) is 2.26. The van der Waals surface area contributed by atoms with Gasteiger partial charge in [-0.1, -0.05) is 18.2 Å². The molecular formula is C16H24N4. The van der Waals surface area contributed by atoms with Gasteiger partial charge in [-0.15, -0.1) is 0 Å². The summed E-state index contributed by atoms with van der Waals surface area (Å²) in [6.45, 7) is 7.63. The molecule has 2 heterocycles. The highest BCUT2D eigenvalue weighted by Crippen LogP contribution is 2.36.